The molecule has 2 unspecified atom stereocenters. The number of nitrogens with two attached hydrogens (primary N) is 1. The van der Waals surface area contributed by atoms with Crippen LogP contribution in [0.4, 0.5) is 0 Å². The van der Waals surface area contributed by atoms with E-state index in [1.165, 1.54) is 0 Å². The molecule has 5 nitrogen and oxygen atoms in total. The SMILES string of the molecule is CC(C)C(NC(=O)c1ccccc1Cl)C(=O)N1CCC(C)(CN)C1. The lowest BCUT2D eigenvalue weighted by Crippen LogP contribution is -2.51. The summed E-state index contributed by atoms with van der Waals surface area (Å²) in [7, 11) is 0. The Morgan fingerprint density at radius 1 is 1.38 bits per heavy atom. The normalized spacial score (nSPS) is 21.8. The first-order chi connectivity index (χ1) is 11.3. The molecule has 1 aromatic carbocycles. The number of halogens is 1. The molecule has 1 heterocycles. The van der Waals surface area contributed by atoms with Gasteiger partial charge in [0.1, 0.15) is 6.04 Å². The predicted molar refractivity (Wildman–Crippen MR) is 95.9 cm³/mol. The van der Waals surface area contributed by atoms with Crippen LogP contribution in [0.5, 0.6) is 0 Å². The zero-order valence-corrected chi connectivity index (χ0v) is 15.3. The summed E-state index contributed by atoms with van der Waals surface area (Å²) >= 11 is 6.07. The molecule has 2 amide bonds. The number of rotatable bonds is 5. The summed E-state index contributed by atoms with van der Waals surface area (Å²) < 4.78 is 0. The van der Waals surface area contributed by atoms with Gasteiger partial charge in [0.05, 0.1) is 10.6 Å². The van der Waals surface area contributed by atoms with Gasteiger partial charge in [0.25, 0.3) is 5.91 Å². The van der Waals surface area contributed by atoms with Crippen LogP contribution in [0.1, 0.15) is 37.6 Å². The molecule has 0 radical (unpaired) electrons. The van der Waals surface area contributed by atoms with Crippen LogP contribution in [-0.2, 0) is 4.79 Å². The number of nitrogens with zero attached hydrogens (tertiary/aromatic N) is 1. The Hall–Kier alpha value is -1.59. The quantitative estimate of drug-likeness (QED) is 0.854. The van der Waals surface area contributed by atoms with Gasteiger partial charge in [0.2, 0.25) is 5.91 Å². The molecule has 0 saturated carbocycles. The van der Waals surface area contributed by atoms with Gasteiger partial charge in [-0.25, -0.2) is 0 Å². The number of amides is 2. The number of hydrogen-bond donors (Lipinski definition) is 2. The van der Waals surface area contributed by atoms with Crippen LogP contribution in [0.25, 0.3) is 0 Å². The molecule has 2 atom stereocenters. The van der Waals surface area contributed by atoms with Gasteiger partial charge in [0.15, 0.2) is 0 Å². The van der Waals surface area contributed by atoms with Crippen molar-refractivity contribution in [3.8, 4) is 0 Å². The Bertz CT molecular complexity index is 620. The lowest BCUT2D eigenvalue weighted by atomic mass is 9.90. The molecule has 3 N–H and O–H groups in total. The number of carbonyl (C=O) groups is 2. The zero-order valence-electron chi connectivity index (χ0n) is 14.5. The third kappa shape index (κ3) is 4.08. The Labute approximate surface area is 148 Å². The smallest absolute Gasteiger partial charge is 0.253 e. The van der Waals surface area contributed by atoms with Gasteiger partial charge in [-0.1, -0.05) is 44.5 Å². The summed E-state index contributed by atoms with van der Waals surface area (Å²) in [6.45, 7) is 7.80. The monoisotopic (exact) mass is 351 g/mol. The van der Waals surface area contributed by atoms with Crippen LogP contribution in [-0.4, -0.2) is 42.4 Å². The maximum atomic E-state index is 12.9. The predicted octanol–water partition coefficient (Wildman–Crippen LogP) is 2.29. The summed E-state index contributed by atoms with van der Waals surface area (Å²) in [5.74, 6) is -0.398. The third-order valence-corrected chi connectivity index (χ3v) is 5.03. The lowest BCUT2D eigenvalue weighted by Gasteiger charge is -2.28. The van der Waals surface area contributed by atoms with Gasteiger partial charge in [0, 0.05) is 13.1 Å². The molecular formula is C18H26ClN3O2. The van der Waals surface area contributed by atoms with Gasteiger partial charge in [-0.2, -0.15) is 0 Å². The summed E-state index contributed by atoms with van der Waals surface area (Å²) in [5.41, 5.74) is 6.16. The molecule has 0 spiro atoms. The molecule has 132 valence electrons. The van der Waals surface area contributed by atoms with Gasteiger partial charge >= 0.3 is 0 Å². The van der Waals surface area contributed by atoms with E-state index in [9.17, 15) is 9.59 Å². The minimum Gasteiger partial charge on any atom is -0.340 e. The van der Waals surface area contributed by atoms with Crippen LogP contribution in [0.15, 0.2) is 24.3 Å². The first-order valence-corrected chi connectivity index (χ1v) is 8.69. The summed E-state index contributed by atoms with van der Waals surface area (Å²) in [6, 6.07) is 6.26. The average Bonchev–Trinajstić information content (AvgIpc) is 2.95. The molecule has 6 heteroatoms. The van der Waals surface area contributed by atoms with Crippen LogP contribution in [0, 0.1) is 11.3 Å². The Morgan fingerprint density at radius 3 is 2.58 bits per heavy atom. The van der Waals surface area contributed by atoms with Gasteiger partial charge in [-0.15, -0.1) is 0 Å². The Balaban J connectivity index is 2.11. The van der Waals surface area contributed by atoms with Crippen molar-refractivity contribution in [3.63, 3.8) is 0 Å². The van der Waals surface area contributed by atoms with Crippen molar-refractivity contribution in [1.29, 1.82) is 0 Å². The van der Waals surface area contributed by atoms with Crippen molar-refractivity contribution >= 4 is 23.4 Å². The fourth-order valence-corrected chi connectivity index (χ4v) is 3.17. The van der Waals surface area contributed by atoms with E-state index in [0.717, 1.165) is 6.42 Å². The lowest BCUT2D eigenvalue weighted by molar-refractivity contribution is -0.133. The van der Waals surface area contributed by atoms with Crippen LogP contribution in [0.3, 0.4) is 0 Å². The molecule has 1 aliphatic rings. The number of benzene rings is 1. The summed E-state index contributed by atoms with van der Waals surface area (Å²) in [6.07, 6.45) is 0.887. The van der Waals surface area contributed by atoms with Crippen molar-refractivity contribution in [2.75, 3.05) is 19.6 Å². The van der Waals surface area contributed by atoms with Crippen molar-refractivity contribution in [3.05, 3.63) is 34.9 Å². The van der Waals surface area contributed by atoms with E-state index >= 15 is 0 Å². The van der Waals surface area contributed by atoms with Crippen LogP contribution in [0.2, 0.25) is 5.02 Å². The minimum atomic E-state index is -0.575. The molecule has 0 bridgehead atoms. The van der Waals surface area contributed by atoms with Crippen molar-refractivity contribution in [2.45, 2.75) is 33.2 Å². The zero-order chi connectivity index (χ0) is 17.9. The molecule has 24 heavy (non-hydrogen) atoms. The van der Waals surface area contributed by atoms with E-state index in [-0.39, 0.29) is 23.1 Å². The van der Waals surface area contributed by atoms with Crippen molar-refractivity contribution < 1.29 is 9.59 Å². The highest BCUT2D eigenvalue weighted by molar-refractivity contribution is 6.33. The Morgan fingerprint density at radius 2 is 2.04 bits per heavy atom. The largest absolute Gasteiger partial charge is 0.340 e. The average molecular weight is 352 g/mol. The number of hydrogen-bond acceptors (Lipinski definition) is 3. The second-order valence-electron chi connectivity index (χ2n) is 7.20. The topological polar surface area (TPSA) is 75.4 Å². The molecule has 1 aromatic rings. The fourth-order valence-electron chi connectivity index (χ4n) is 2.95. The van der Waals surface area contributed by atoms with Gasteiger partial charge in [-0.05, 0) is 36.4 Å². The van der Waals surface area contributed by atoms with E-state index < -0.39 is 6.04 Å². The first-order valence-electron chi connectivity index (χ1n) is 8.31. The number of likely N-dealkylation sites (tertiary alicyclic amines) is 1. The van der Waals surface area contributed by atoms with E-state index in [1.807, 2.05) is 18.7 Å². The molecular weight excluding hydrogens is 326 g/mol. The molecule has 1 saturated heterocycles. The maximum absolute atomic E-state index is 12.9. The van der Waals surface area contributed by atoms with Crippen LogP contribution >= 0.6 is 11.6 Å². The first kappa shape index (κ1) is 18.7. The highest BCUT2D eigenvalue weighted by Crippen LogP contribution is 2.29. The van der Waals surface area contributed by atoms with Crippen LogP contribution < -0.4 is 11.1 Å². The molecule has 0 aromatic heterocycles. The highest BCUT2D eigenvalue weighted by atomic mass is 35.5. The molecule has 2 rings (SSSR count). The van der Waals surface area contributed by atoms with Gasteiger partial charge < -0.3 is 16.0 Å². The summed E-state index contributed by atoms with van der Waals surface area (Å²) in [5, 5.41) is 3.23. The number of carbonyl (C=O) groups excluding carboxylic acids is 2. The Kier molecular flexibility index (Phi) is 5.88. The number of nitrogens with one attached hydrogen (secondary N) is 1. The van der Waals surface area contributed by atoms with Crippen molar-refractivity contribution in [2.24, 2.45) is 17.1 Å². The molecule has 1 aliphatic heterocycles. The van der Waals surface area contributed by atoms with E-state index in [4.69, 9.17) is 17.3 Å². The second-order valence-corrected chi connectivity index (χ2v) is 7.61. The fraction of sp³-hybridized carbons (Fsp3) is 0.556. The standard InChI is InChI=1S/C18H26ClN3O2/c1-12(2)15(17(24)22-9-8-18(3,10-20)11-22)21-16(23)13-6-4-5-7-14(13)19/h4-7,12,15H,8-11,20H2,1-3H3,(H,21,23). The van der Waals surface area contributed by atoms with E-state index in [0.29, 0.717) is 30.2 Å². The van der Waals surface area contributed by atoms with Gasteiger partial charge in [-0.3, -0.25) is 9.59 Å². The second kappa shape index (κ2) is 7.53. The minimum absolute atomic E-state index is 0.0197. The third-order valence-electron chi connectivity index (χ3n) is 4.70. The molecule has 0 aliphatic carbocycles. The summed E-state index contributed by atoms with van der Waals surface area (Å²) in [4.78, 5) is 27.2. The molecule has 1 fully saturated rings. The van der Waals surface area contributed by atoms with Crippen molar-refractivity contribution in [1.82, 2.24) is 10.2 Å². The van der Waals surface area contributed by atoms with E-state index in [2.05, 4.69) is 12.2 Å². The maximum Gasteiger partial charge on any atom is 0.253 e. The van der Waals surface area contributed by atoms with E-state index in [1.54, 1.807) is 24.3 Å². The highest BCUT2D eigenvalue weighted by Gasteiger charge is 2.38.